The highest BCUT2D eigenvalue weighted by atomic mass is 16.5. The predicted molar refractivity (Wildman–Crippen MR) is 88.5 cm³/mol. The highest BCUT2D eigenvalue weighted by Crippen LogP contribution is 2.36. The lowest BCUT2D eigenvalue weighted by Gasteiger charge is -2.18. The zero-order valence-corrected chi connectivity index (χ0v) is 14.0. The van der Waals surface area contributed by atoms with Crippen LogP contribution in [0.25, 0.3) is 0 Å². The third-order valence-electron chi connectivity index (χ3n) is 4.69. The number of Topliss-reactive ketones (excluding diaryl/α,β-unsaturated/α-hetero) is 1. The number of carbonyl (C=O) groups is 3. The van der Waals surface area contributed by atoms with Crippen LogP contribution in [-0.2, 0) is 16.1 Å². The number of ketones is 1. The Kier molecular flexibility index (Phi) is 4.51. The van der Waals surface area contributed by atoms with Gasteiger partial charge in [0.25, 0.3) is 0 Å². The number of fused-ring (bicyclic) bond motifs is 1. The molecule has 0 radical (unpaired) electrons. The second-order valence-corrected chi connectivity index (χ2v) is 6.23. The van der Waals surface area contributed by atoms with Crippen LogP contribution in [0.5, 0.6) is 5.75 Å². The maximum Gasteiger partial charge on any atom is 0.233 e. The maximum atomic E-state index is 12.6. The lowest BCUT2D eigenvalue weighted by molar-refractivity contribution is -0.140. The summed E-state index contributed by atoms with van der Waals surface area (Å²) in [5.74, 6) is -0.176. The number of rotatable bonds is 5. The van der Waals surface area contributed by atoms with E-state index in [1.54, 1.807) is 18.2 Å². The number of nitrogens with zero attached hydrogens (tertiary/aromatic N) is 1. The molecule has 1 aliphatic heterocycles. The van der Waals surface area contributed by atoms with Crippen molar-refractivity contribution in [3.8, 4) is 5.75 Å². The van der Waals surface area contributed by atoms with Crippen LogP contribution >= 0.6 is 0 Å². The van der Waals surface area contributed by atoms with E-state index in [2.05, 4.69) is 0 Å². The lowest BCUT2D eigenvalue weighted by atomic mass is 9.85. The van der Waals surface area contributed by atoms with Gasteiger partial charge in [-0.05, 0) is 44.9 Å². The quantitative estimate of drug-likeness (QED) is 0.474. The van der Waals surface area contributed by atoms with Gasteiger partial charge in [-0.3, -0.25) is 19.3 Å². The first-order valence-electron chi connectivity index (χ1n) is 8.29. The second-order valence-electron chi connectivity index (χ2n) is 6.23. The Labute approximate surface area is 141 Å². The fraction of sp³-hybridized carbons (Fsp3) is 0.421. The summed E-state index contributed by atoms with van der Waals surface area (Å²) in [6.45, 7) is 3.99. The van der Waals surface area contributed by atoms with Crippen LogP contribution in [0.4, 0.5) is 0 Å². The Bertz CT molecular complexity index is 696. The van der Waals surface area contributed by atoms with Crippen molar-refractivity contribution in [2.75, 3.05) is 6.61 Å². The number of ether oxygens (including phenoxy) is 1. The van der Waals surface area contributed by atoms with E-state index in [0.29, 0.717) is 36.3 Å². The Balaban J connectivity index is 1.90. The first kappa shape index (κ1) is 16.4. The number of benzene rings is 1. The van der Waals surface area contributed by atoms with Crippen LogP contribution in [0.15, 0.2) is 30.4 Å². The fourth-order valence-corrected chi connectivity index (χ4v) is 3.41. The molecule has 1 aromatic rings. The highest BCUT2D eigenvalue weighted by Gasteiger charge is 2.47. The number of amides is 2. The molecular formula is C19H21NO4. The standard InChI is InChI=1S/C19H21NO4/c1-3-24-17-9-8-13(12(2)21)10-14(17)11-20-18(22)15-6-4-5-7-16(15)19(20)23/h4-5,8-10,15-16H,3,6-7,11H2,1-2H3. The van der Waals surface area contributed by atoms with Gasteiger partial charge in [0.05, 0.1) is 25.0 Å². The molecule has 1 aromatic carbocycles. The van der Waals surface area contributed by atoms with Crippen LogP contribution in [0.1, 0.15) is 42.6 Å². The minimum absolute atomic E-state index is 0.0590. The van der Waals surface area contributed by atoms with Gasteiger partial charge in [0.1, 0.15) is 5.75 Å². The van der Waals surface area contributed by atoms with Crippen molar-refractivity contribution < 1.29 is 19.1 Å². The Morgan fingerprint density at radius 2 is 1.79 bits per heavy atom. The number of hydrogen-bond donors (Lipinski definition) is 0. The van der Waals surface area contributed by atoms with Crippen LogP contribution in [-0.4, -0.2) is 29.1 Å². The van der Waals surface area contributed by atoms with Crippen molar-refractivity contribution in [1.29, 1.82) is 0 Å². The van der Waals surface area contributed by atoms with Crippen molar-refractivity contribution in [2.24, 2.45) is 11.8 Å². The minimum atomic E-state index is -0.242. The Hall–Kier alpha value is -2.43. The molecule has 126 valence electrons. The number of hydrogen-bond acceptors (Lipinski definition) is 4. The van der Waals surface area contributed by atoms with Gasteiger partial charge in [0.2, 0.25) is 11.8 Å². The zero-order valence-electron chi connectivity index (χ0n) is 14.0. The van der Waals surface area contributed by atoms with Gasteiger partial charge in [-0.15, -0.1) is 0 Å². The Morgan fingerprint density at radius 1 is 1.17 bits per heavy atom. The molecule has 5 heteroatoms. The summed E-state index contributed by atoms with van der Waals surface area (Å²) in [6.07, 6.45) is 5.19. The molecule has 2 aliphatic rings. The summed E-state index contributed by atoms with van der Waals surface area (Å²) in [7, 11) is 0. The predicted octanol–water partition coefficient (Wildman–Crippen LogP) is 2.74. The fourth-order valence-electron chi connectivity index (χ4n) is 3.41. The largest absolute Gasteiger partial charge is 0.494 e. The molecule has 2 amide bonds. The zero-order chi connectivity index (χ0) is 17.3. The van der Waals surface area contributed by atoms with Gasteiger partial charge < -0.3 is 4.74 Å². The molecule has 2 atom stereocenters. The second kappa shape index (κ2) is 6.59. The molecule has 24 heavy (non-hydrogen) atoms. The molecule has 1 aliphatic carbocycles. The average Bonchev–Trinajstić information content (AvgIpc) is 2.82. The molecule has 0 aromatic heterocycles. The lowest BCUT2D eigenvalue weighted by Crippen LogP contribution is -2.30. The van der Waals surface area contributed by atoms with Gasteiger partial charge in [0.15, 0.2) is 5.78 Å². The van der Waals surface area contributed by atoms with Crippen molar-refractivity contribution in [3.63, 3.8) is 0 Å². The molecule has 3 rings (SSSR count). The van der Waals surface area contributed by atoms with E-state index < -0.39 is 0 Å². The molecule has 5 nitrogen and oxygen atoms in total. The summed E-state index contributed by atoms with van der Waals surface area (Å²) in [5.41, 5.74) is 1.24. The molecule has 0 spiro atoms. The summed E-state index contributed by atoms with van der Waals surface area (Å²) < 4.78 is 5.60. The maximum absolute atomic E-state index is 12.6. The SMILES string of the molecule is CCOc1ccc(C(C)=O)cc1CN1C(=O)C2CC=CCC2C1=O. The highest BCUT2D eigenvalue weighted by molar-refractivity contribution is 6.05. The van der Waals surface area contributed by atoms with Gasteiger partial charge >= 0.3 is 0 Å². The smallest absolute Gasteiger partial charge is 0.233 e. The molecule has 2 unspecified atom stereocenters. The van der Waals surface area contributed by atoms with E-state index in [1.165, 1.54) is 11.8 Å². The normalized spacial score (nSPS) is 22.7. The molecule has 0 bridgehead atoms. The third kappa shape index (κ3) is 2.86. The van der Waals surface area contributed by atoms with E-state index in [9.17, 15) is 14.4 Å². The topological polar surface area (TPSA) is 63.7 Å². The van der Waals surface area contributed by atoms with Crippen molar-refractivity contribution in [3.05, 3.63) is 41.5 Å². The van der Waals surface area contributed by atoms with Gasteiger partial charge in [-0.2, -0.15) is 0 Å². The average molecular weight is 327 g/mol. The van der Waals surface area contributed by atoms with Gasteiger partial charge in [-0.1, -0.05) is 12.2 Å². The molecular weight excluding hydrogens is 306 g/mol. The number of imide groups is 1. The van der Waals surface area contributed by atoms with Crippen LogP contribution in [0, 0.1) is 11.8 Å². The summed E-state index contributed by atoms with van der Waals surface area (Å²) in [5, 5.41) is 0. The summed E-state index contributed by atoms with van der Waals surface area (Å²) >= 11 is 0. The van der Waals surface area contributed by atoms with E-state index in [0.717, 1.165) is 0 Å². The van der Waals surface area contributed by atoms with Gasteiger partial charge in [0, 0.05) is 11.1 Å². The van der Waals surface area contributed by atoms with Crippen LogP contribution in [0.3, 0.4) is 0 Å². The van der Waals surface area contributed by atoms with E-state index >= 15 is 0 Å². The number of carbonyl (C=O) groups excluding carboxylic acids is 3. The van der Waals surface area contributed by atoms with Crippen molar-refractivity contribution in [1.82, 2.24) is 4.90 Å². The number of likely N-dealkylation sites (tertiary alicyclic amines) is 1. The molecule has 0 saturated carbocycles. The third-order valence-corrected chi connectivity index (χ3v) is 4.69. The van der Waals surface area contributed by atoms with E-state index in [4.69, 9.17) is 4.74 Å². The van der Waals surface area contributed by atoms with Crippen LogP contribution in [0.2, 0.25) is 0 Å². The summed E-state index contributed by atoms with van der Waals surface area (Å²) in [4.78, 5) is 38.2. The molecule has 1 fully saturated rings. The van der Waals surface area contributed by atoms with E-state index in [-0.39, 0.29) is 36.0 Å². The summed E-state index contributed by atoms with van der Waals surface area (Å²) in [6, 6.07) is 5.15. The van der Waals surface area contributed by atoms with Gasteiger partial charge in [-0.25, -0.2) is 0 Å². The number of allylic oxidation sites excluding steroid dienone is 2. The Morgan fingerprint density at radius 3 is 2.33 bits per heavy atom. The van der Waals surface area contributed by atoms with E-state index in [1.807, 2.05) is 19.1 Å². The molecule has 0 N–H and O–H groups in total. The van der Waals surface area contributed by atoms with Crippen molar-refractivity contribution >= 4 is 17.6 Å². The molecule has 1 heterocycles. The first-order valence-corrected chi connectivity index (χ1v) is 8.29. The first-order chi connectivity index (χ1) is 11.5. The van der Waals surface area contributed by atoms with Crippen LogP contribution < -0.4 is 4.74 Å². The van der Waals surface area contributed by atoms with Crippen molar-refractivity contribution in [2.45, 2.75) is 33.2 Å². The monoisotopic (exact) mass is 327 g/mol. The molecule has 1 saturated heterocycles. The minimum Gasteiger partial charge on any atom is -0.494 e.